The Balaban J connectivity index is 1.76. The third-order valence-electron chi connectivity index (χ3n) is 4.48. The summed E-state index contributed by atoms with van der Waals surface area (Å²) in [7, 11) is 0. The van der Waals surface area contributed by atoms with Gasteiger partial charge in [-0.2, -0.15) is 0 Å². The number of unbranched alkanes of at least 4 members (excludes halogenated alkanes) is 1. The number of anilines is 1. The first-order valence-electron chi connectivity index (χ1n) is 9.52. The Morgan fingerprint density at radius 2 is 1.67 bits per heavy atom. The minimum atomic E-state index is -0.799. The summed E-state index contributed by atoms with van der Waals surface area (Å²) in [6, 6.07) is 18.0. The largest absolute Gasteiger partial charge is 0.481 e. The number of aliphatic carboxylic acids is 1. The van der Waals surface area contributed by atoms with Crippen LogP contribution in [0.3, 0.4) is 0 Å². The zero-order valence-corrected chi connectivity index (χ0v) is 17.0. The monoisotopic (exact) mass is 420 g/mol. The van der Waals surface area contributed by atoms with Gasteiger partial charge in [-0.15, -0.1) is 0 Å². The third-order valence-corrected chi connectivity index (χ3v) is 4.73. The fourth-order valence-electron chi connectivity index (χ4n) is 2.96. The number of pyridine rings is 1. The van der Waals surface area contributed by atoms with Gasteiger partial charge in [0.05, 0.1) is 0 Å². The predicted octanol–water partition coefficient (Wildman–Crippen LogP) is 5.67. The number of hydrogen-bond acceptors (Lipinski definition) is 3. The summed E-state index contributed by atoms with van der Waals surface area (Å²) in [6.45, 7) is 0. The molecule has 0 aliphatic heterocycles. The number of rotatable bonds is 8. The van der Waals surface area contributed by atoms with Gasteiger partial charge in [-0.25, -0.2) is 0 Å². The number of nitrogens with zero attached hydrogens (tertiary/aromatic N) is 1. The summed E-state index contributed by atoms with van der Waals surface area (Å²) >= 11 is 5.86. The highest BCUT2D eigenvalue weighted by Crippen LogP contribution is 2.25. The van der Waals surface area contributed by atoms with Gasteiger partial charge in [0, 0.05) is 40.7 Å². The van der Waals surface area contributed by atoms with Crippen LogP contribution in [0.5, 0.6) is 0 Å². The number of carbonyl (C=O) groups excluding carboxylic acids is 1. The van der Waals surface area contributed by atoms with Crippen LogP contribution < -0.4 is 5.32 Å². The molecule has 0 saturated carbocycles. The van der Waals surface area contributed by atoms with Crippen molar-refractivity contribution in [3.05, 3.63) is 101 Å². The molecule has 5 nitrogen and oxygen atoms in total. The van der Waals surface area contributed by atoms with Crippen molar-refractivity contribution >= 4 is 34.7 Å². The van der Waals surface area contributed by atoms with Crippen LogP contribution in [0.25, 0.3) is 5.57 Å². The van der Waals surface area contributed by atoms with Crippen molar-refractivity contribution in [1.82, 2.24) is 4.98 Å². The second-order valence-electron chi connectivity index (χ2n) is 6.68. The van der Waals surface area contributed by atoms with Gasteiger partial charge in [0.15, 0.2) is 0 Å². The van der Waals surface area contributed by atoms with Crippen LogP contribution in [0.1, 0.15) is 40.7 Å². The normalized spacial score (nSPS) is 11.2. The molecule has 30 heavy (non-hydrogen) atoms. The molecule has 0 saturated heterocycles. The zero-order chi connectivity index (χ0) is 21.3. The maximum Gasteiger partial charge on any atom is 0.303 e. The fraction of sp³-hybridized carbons (Fsp3) is 0.125. The molecular formula is C24H21ClN2O3. The molecule has 3 rings (SSSR count). The Hall–Kier alpha value is -3.44. The number of carboxylic acid groups (broad SMARTS) is 1. The third kappa shape index (κ3) is 6.03. The zero-order valence-electron chi connectivity index (χ0n) is 16.2. The second kappa shape index (κ2) is 10.4. The van der Waals surface area contributed by atoms with E-state index in [1.807, 2.05) is 42.5 Å². The Morgan fingerprint density at radius 3 is 2.30 bits per heavy atom. The molecule has 0 aliphatic rings. The van der Waals surface area contributed by atoms with Gasteiger partial charge in [0.25, 0.3) is 5.91 Å². The molecule has 0 unspecified atom stereocenters. The van der Waals surface area contributed by atoms with Gasteiger partial charge >= 0.3 is 5.97 Å². The average Bonchev–Trinajstić information content (AvgIpc) is 2.75. The van der Waals surface area contributed by atoms with Crippen LogP contribution in [0.4, 0.5) is 5.69 Å². The van der Waals surface area contributed by atoms with E-state index in [0.717, 1.165) is 16.7 Å². The smallest absolute Gasteiger partial charge is 0.303 e. The SMILES string of the molecule is O=C(O)CCC/C=C(/c1ccc(NC(=O)c2ccc(Cl)cc2)cc1)c1cccnc1. The summed E-state index contributed by atoms with van der Waals surface area (Å²) in [5.41, 5.74) is 4.09. The molecule has 1 aromatic heterocycles. The standard InChI is InChI=1S/C24H21ClN2O3/c25-20-11-7-18(8-12-20)24(30)27-21-13-9-17(10-14-21)22(5-1-2-6-23(28)29)19-4-3-15-26-16-19/h3-5,7-16H,1-2,6H2,(H,27,30)(H,28,29)/b22-5-. The van der Waals surface area contributed by atoms with E-state index in [1.54, 1.807) is 36.7 Å². The van der Waals surface area contributed by atoms with Crippen molar-refractivity contribution in [3.8, 4) is 0 Å². The van der Waals surface area contributed by atoms with Gasteiger partial charge in [-0.1, -0.05) is 35.9 Å². The summed E-state index contributed by atoms with van der Waals surface area (Å²) < 4.78 is 0. The summed E-state index contributed by atoms with van der Waals surface area (Å²) in [6.07, 6.45) is 6.85. The van der Waals surface area contributed by atoms with Gasteiger partial charge in [-0.05, 0) is 66.4 Å². The van der Waals surface area contributed by atoms with Crippen LogP contribution in [-0.2, 0) is 4.79 Å². The number of hydrogen-bond donors (Lipinski definition) is 2. The lowest BCUT2D eigenvalue weighted by molar-refractivity contribution is -0.137. The van der Waals surface area contributed by atoms with Crippen molar-refractivity contribution in [2.24, 2.45) is 0 Å². The highest BCUT2D eigenvalue weighted by atomic mass is 35.5. The number of nitrogens with one attached hydrogen (secondary N) is 1. The topological polar surface area (TPSA) is 79.3 Å². The molecule has 1 heterocycles. The molecule has 1 amide bonds. The number of halogens is 1. The number of carbonyl (C=O) groups is 2. The number of carboxylic acids is 1. The Morgan fingerprint density at radius 1 is 0.967 bits per heavy atom. The van der Waals surface area contributed by atoms with Crippen molar-refractivity contribution < 1.29 is 14.7 Å². The van der Waals surface area contributed by atoms with Crippen LogP contribution in [-0.4, -0.2) is 22.0 Å². The van der Waals surface area contributed by atoms with E-state index < -0.39 is 5.97 Å². The van der Waals surface area contributed by atoms with Crippen molar-refractivity contribution in [3.63, 3.8) is 0 Å². The number of aromatic nitrogens is 1. The fourth-order valence-corrected chi connectivity index (χ4v) is 3.09. The van der Waals surface area contributed by atoms with E-state index in [4.69, 9.17) is 16.7 Å². The molecule has 2 aromatic carbocycles. The van der Waals surface area contributed by atoms with Gasteiger partial charge in [-0.3, -0.25) is 14.6 Å². The predicted molar refractivity (Wildman–Crippen MR) is 119 cm³/mol. The number of benzene rings is 2. The number of amides is 1. The molecule has 3 aromatic rings. The first-order valence-corrected chi connectivity index (χ1v) is 9.90. The summed E-state index contributed by atoms with van der Waals surface area (Å²) in [5, 5.41) is 12.3. The molecule has 152 valence electrons. The molecule has 6 heteroatoms. The Labute approximate surface area is 180 Å². The van der Waals surface area contributed by atoms with E-state index in [1.165, 1.54) is 0 Å². The first kappa shape index (κ1) is 21.3. The van der Waals surface area contributed by atoms with E-state index in [-0.39, 0.29) is 12.3 Å². The Kier molecular flexibility index (Phi) is 7.35. The molecule has 0 atom stereocenters. The Bertz CT molecular complexity index is 1030. The molecule has 0 radical (unpaired) electrons. The lowest BCUT2D eigenvalue weighted by atomic mass is 9.97. The minimum absolute atomic E-state index is 0.131. The average molecular weight is 421 g/mol. The highest BCUT2D eigenvalue weighted by Gasteiger charge is 2.08. The van der Waals surface area contributed by atoms with Crippen LogP contribution in [0.15, 0.2) is 79.1 Å². The minimum Gasteiger partial charge on any atom is -0.481 e. The first-order chi connectivity index (χ1) is 14.5. The maximum atomic E-state index is 12.4. The van der Waals surface area contributed by atoms with Crippen LogP contribution in [0.2, 0.25) is 5.02 Å². The van der Waals surface area contributed by atoms with Crippen LogP contribution in [0, 0.1) is 0 Å². The van der Waals surface area contributed by atoms with E-state index >= 15 is 0 Å². The lowest BCUT2D eigenvalue weighted by Crippen LogP contribution is -2.11. The van der Waals surface area contributed by atoms with E-state index in [9.17, 15) is 9.59 Å². The van der Waals surface area contributed by atoms with Gasteiger partial charge < -0.3 is 10.4 Å². The molecule has 0 bridgehead atoms. The second-order valence-corrected chi connectivity index (χ2v) is 7.12. The highest BCUT2D eigenvalue weighted by molar-refractivity contribution is 6.30. The summed E-state index contributed by atoms with van der Waals surface area (Å²) in [4.78, 5) is 27.3. The van der Waals surface area contributed by atoms with Crippen molar-refractivity contribution in [2.75, 3.05) is 5.32 Å². The van der Waals surface area contributed by atoms with Gasteiger partial charge in [0.1, 0.15) is 0 Å². The quantitative estimate of drug-likeness (QED) is 0.460. The molecule has 2 N–H and O–H groups in total. The summed E-state index contributed by atoms with van der Waals surface area (Å²) in [5.74, 6) is -1.01. The number of allylic oxidation sites excluding steroid dienone is 1. The van der Waals surface area contributed by atoms with Crippen LogP contribution >= 0.6 is 11.6 Å². The molecule has 0 fully saturated rings. The molecule has 0 spiro atoms. The molecule has 0 aliphatic carbocycles. The van der Waals surface area contributed by atoms with Crippen molar-refractivity contribution in [1.29, 1.82) is 0 Å². The lowest BCUT2D eigenvalue weighted by Gasteiger charge is -2.11. The maximum absolute atomic E-state index is 12.4. The van der Waals surface area contributed by atoms with Gasteiger partial charge in [0.2, 0.25) is 0 Å². The molecular weight excluding hydrogens is 400 g/mol. The van der Waals surface area contributed by atoms with E-state index in [0.29, 0.717) is 29.1 Å². The van der Waals surface area contributed by atoms with E-state index in [2.05, 4.69) is 10.3 Å². The van der Waals surface area contributed by atoms with Crippen molar-refractivity contribution in [2.45, 2.75) is 19.3 Å².